The number of aryl methyl sites for hydroxylation is 1. The number of hydrogen-bond acceptors (Lipinski definition) is 6. The van der Waals surface area contributed by atoms with Crippen LogP contribution in [-0.2, 0) is 0 Å². The molecule has 8 heteroatoms. The maximum atomic E-state index is 12.4. The molecule has 1 saturated heterocycles. The Hall–Kier alpha value is -2.87. The van der Waals surface area contributed by atoms with Gasteiger partial charge in [-0.1, -0.05) is 17.3 Å². The number of carbonyl (C=O) groups is 2. The Morgan fingerprint density at radius 3 is 2.64 bits per heavy atom. The van der Waals surface area contributed by atoms with Crippen LogP contribution in [0.2, 0.25) is 0 Å². The molecule has 0 bridgehead atoms. The predicted molar refractivity (Wildman–Crippen MR) is 104 cm³/mol. The molecule has 1 aromatic heterocycles. The van der Waals surface area contributed by atoms with Gasteiger partial charge in [0.1, 0.15) is 11.5 Å². The van der Waals surface area contributed by atoms with Gasteiger partial charge in [-0.25, -0.2) is 0 Å². The average Bonchev–Trinajstić information content (AvgIpc) is 3.15. The van der Waals surface area contributed by atoms with Crippen molar-refractivity contribution < 1.29 is 18.8 Å². The first-order valence-electron chi connectivity index (χ1n) is 9.53. The summed E-state index contributed by atoms with van der Waals surface area (Å²) in [7, 11) is 0. The highest BCUT2D eigenvalue weighted by Crippen LogP contribution is 2.17. The van der Waals surface area contributed by atoms with Gasteiger partial charge >= 0.3 is 0 Å². The molecule has 1 N–H and O–H groups in total. The van der Waals surface area contributed by atoms with E-state index in [0.29, 0.717) is 49.0 Å². The number of nitrogens with zero attached hydrogens (tertiary/aromatic N) is 3. The van der Waals surface area contributed by atoms with E-state index in [4.69, 9.17) is 9.26 Å². The van der Waals surface area contributed by atoms with Gasteiger partial charge in [-0.2, -0.15) is 0 Å². The van der Waals surface area contributed by atoms with Crippen molar-refractivity contribution in [2.75, 3.05) is 45.9 Å². The van der Waals surface area contributed by atoms with Gasteiger partial charge in [-0.05, 0) is 26.0 Å². The molecule has 0 saturated carbocycles. The zero-order chi connectivity index (χ0) is 19.9. The molecule has 1 fully saturated rings. The average molecular weight is 386 g/mol. The van der Waals surface area contributed by atoms with Crippen LogP contribution in [0.1, 0.15) is 33.5 Å². The molecule has 0 atom stereocenters. The molecule has 8 nitrogen and oxygen atoms in total. The number of nitrogens with one attached hydrogen (secondary N) is 1. The Kier molecular flexibility index (Phi) is 6.65. The molecule has 1 aliphatic rings. The van der Waals surface area contributed by atoms with E-state index in [1.165, 1.54) is 0 Å². The van der Waals surface area contributed by atoms with Crippen LogP contribution in [-0.4, -0.2) is 72.6 Å². The molecule has 2 aromatic rings. The molecule has 2 amide bonds. The number of aromatic nitrogens is 1. The van der Waals surface area contributed by atoms with Crippen molar-refractivity contribution in [2.24, 2.45) is 0 Å². The van der Waals surface area contributed by atoms with E-state index in [2.05, 4.69) is 15.4 Å². The second kappa shape index (κ2) is 9.36. The van der Waals surface area contributed by atoms with Crippen LogP contribution in [0.3, 0.4) is 0 Å². The predicted octanol–water partition coefficient (Wildman–Crippen LogP) is 1.57. The van der Waals surface area contributed by atoms with Crippen LogP contribution in [0.15, 0.2) is 34.9 Å². The Balaban J connectivity index is 1.42. The smallest absolute Gasteiger partial charge is 0.276 e. The van der Waals surface area contributed by atoms with Crippen molar-refractivity contribution >= 4 is 11.8 Å². The number of para-hydroxylation sites is 1. The molecular weight excluding hydrogens is 360 g/mol. The van der Waals surface area contributed by atoms with Crippen molar-refractivity contribution in [3.05, 3.63) is 47.3 Å². The zero-order valence-electron chi connectivity index (χ0n) is 16.3. The fourth-order valence-electron chi connectivity index (χ4n) is 3.16. The molecule has 28 heavy (non-hydrogen) atoms. The SMILES string of the molecule is CCOc1ccccc1C(=O)NCCN1CCN(C(=O)c2cc(C)on2)CC1. The lowest BCUT2D eigenvalue weighted by atomic mass is 10.2. The largest absolute Gasteiger partial charge is 0.493 e. The Bertz CT molecular complexity index is 812. The fraction of sp³-hybridized carbons (Fsp3) is 0.450. The third kappa shape index (κ3) is 4.89. The Morgan fingerprint density at radius 2 is 1.96 bits per heavy atom. The summed E-state index contributed by atoms with van der Waals surface area (Å²) in [4.78, 5) is 28.8. The van der Waals surface area contributed by atoms with E-state index in [0.717, 1.165) is 19.6 Å². The van der Waals surface area contributed by atoms with Crippen LogP contribution in [0.5, 0.6) is 5.75 Å². The van der Waals surface area contributed by atoms with Crippen LogP contribution in [0, 0.1) is 6.92 Å². The highest BCUT2D eigenvalue weighted by Gasteiger charge is 2.24. The third-order valence-corrected chi connectivity index (χ3v) is 4.65. The summed E-state index contributed by atoms with van der Waals surface area (Å²) in [5, 5.41) is 6.73. The Labute approximate surface area is 164 Å². The van der Waals surface area contributed by atoms with E-state index >= 15 is 0 Å². The number of benzene rings is 1. The summed E-state index contributed by atoms with van der Waals surface area (Å²) in [5.74, 6) is 0.984. The van der Waals surface area contributed by atoms with Crippen LogP contribution < -0.4 is 10.1 Å². The van der Waals surface area contributed by atoms with Gasteiger partial charge in [0.2, 0.25) is 0 Å². The number of piperazine rings is 1. The van der Waals surface area contributed by atoms with Gasteiger partial charge in [0, 0.05) is 45.3 Å². The lowest BCUT2D eigenvalue weighted by Crippen LogP contribution is -2.50. The quantitative estimate of drug-likeness (QED) is 0.777. The minimum absolute atomic E-state index is 0.0997. The standard InChI is InChI=1S/C20H26N4O4/c1-3-27-18-7-5-4-6-16(18)19(25)21-8-9-23-10-12-24(13-11-23)20(26)17-14-15(2)28-22-17/h4-7,14H,3,8-13H2,1-2H3,(H,21,25). The topological polar surface area (TPSA) is 87.9 Å². The summed E-state index contributed by atoms with van der Waals surface area (Å²) in [6, 6.07) is 8.89. The highest BCUT2D eigenvalue weighted by molar-refractivity contribution is 5.96. The summed E-state index contributed by atoms with van der Waals surface area (Å²) in [6.45, 7) is 8.22. The lowest BCUT2D eigenvalue weighted by Gasteiger charge is -2.34. The van der Waals surface area contributed by atoms with Crippen LogP contribution in [0.4, 0.5) is 0 Å². The van der Waals surface area contributed by atoms with E-state index in [1.807, 2.05) is 19.1 Å². The molecule has 0 aliphatic carbocycles. The normalized spacial score (nSPS) is 14.7. The summed E-state index contributed by atoms with van der Waals surface area (Å²) < 4.78 is 10.5. The maximum Gasteiger partial charge on any atom is 0.276 e. The fourth-order valence-corrected chi connectivity index (χ4v) is 3.16. The lowest BCUT2D eigenvalue weighted by molar-refractivity contribution is 0.0628. The Morgan fingerprint density at radius 1 is 1.21 bits per heavy atom. The number of ether oxygens (including phenoxy) is 1. The number of amides is 2. The zero-order valence-corrected chi connectivity index (χ0v) is 16.3. The van der Waals surface area contributed by atoms with E-state index in [-0.39, 0.29) is 11.8 Å². The number of carbonyl (C=O) groups excluding carboxylic acids is 2. The maximum absolute atomic E-state index is 12.4. The number of rotatable bonds is 7. The molecule has 150 valence electrons. The first-order chi connectivity index (χ1) is 13.6. The third-order valence-electron chi connectivity index (χ3n) is 4.65. The molecule has 2 heterocycles. The summed E-state index contributed by atoms with van der Waals surface area (Å²) in [6.07, 6.45) is 0. The summed E-state index contributed by atoms with van der Waals surface area (Å²) >= 11 is 0. The second-order valence-electron chi connectivity index (χ2n) is 6.64. The van der Waals surface area contributed by atoms with Crippen molar-refractivity contribution in [3.63, 3.8) is 0 Å². The van der Waals surface area contributed by atoms with Gasteiger partial charge < -0.3 is 19.5 Å². The van der Waals surface area contributed by atoms with Gasteiger partial charge in [-0.3, -0.25) is 14.5 Å². The molecular formula is C20H26N4O4. The van der Waals surface area contributed by atoms with Crippen molar-refractivity contribution in [1.82, 2.24) is 20.3 Å². The van der Waals surface area contributed by atoms with E-state index in [9.17, 15) is 9.59 Å². The second-order valence-corrected chi connectivity index (χ2v) is 6.64. The molecule has 3 rings (SSSR count). The van der Waals surface area contributed by atoms with Crippen molar-refractivity contribution in [3.8, 4) is 5.75 Å². The molecule has 0 unspecified atom stereocenters. The highest BCUT2D eigenvalue weighted by atomic mass is 16.5. The van der Waals surface area contributed by atoms with Crippen molar-refractivity contribution in [2.45, 2.75) is 13.8 Å². The summed E-state index contributed by atoms with van der Waals surface area (Å²) in [5.41, 5.74) is 0.897. The molecule has 1 aliphatic heterocycles. The molecule has 1 aromatic carbocycles. The van der Waals surface area contributed by atoms with E-state index in [1.54, 1.807) is 30.0 Å². The minimum atomic E-state index is -0.140. The van der Waals surface area contributed by atoms with Crippen LogP contribution >= 0.6 is 0 Å². The van der Waals surface area contributed by atoms with Gasteiger partial charge in [0.05, 0.1) is 12.2 Å². The van der Waals surface area contributed by atoms with Gasteiger partial charge in [-0.15, -0.1) is 0 Å². The number of hydrogen-bond donors (Lipinski definition) is 1. The molecule has 0 spiro atoms. The van der Waals surface area contributed by atoms with Gasteiger partial charge in [0.15, 0.2) is 5.69 Å². The van der Waals surface area contributed by atoms with Gasteiger partial charge in [0.25, 0.3) is 11.8 Å². The van der Waals surface area contributed by atoms with Crippen molar-refractivity contribution in [1.29, 1.82) is 0 Å². The first-order valence-corrected chi connectivity index (χ1v) is 9.53. The molecule has 0 radical (unpaired) electrons. The minimum Gasteiger partial charge on any atom is -0.493 e. The van der Waals surface area contributed by atoms with Crippen LogP contribution in [0.25, 0.3) is 0 Å². The van der Waals surface area contributed by atoms with E-state index < -0.39 is 0 Å². The monoisotopic (exact) mass is 386 g/mol. The first kappa shape index (κ1) is 19.9.